The van der Waals surface area contributed by atoms with Gasteiger partial charge in [-0.25, -0.2) is 9.18 Å². The van der Waals surface area contributed by atoms with Gasteiger partial charge in [0.05, 0.1) is 19.2 Å². The van der Waals surface area contributed by atoms with E-state index >= 15 is 0 Å². The highest BCUT2D eigenvalue weighted by atomic mass is 19.4. The van der Waals surface area contributed by atoms with Gasteiger partial charge in [0.15, 0.2) is 11.6 Å². The van der Waals surface area contributed by atoms with Crippen molar-refractivity contribution in [3.63, 3.8) is 0 Å². The van der Waals surface area contributed by atoms with Crippen LogP contribution in [0.15, 0.2) is 42.5 Å². The van der Waals surface area contributed by atoms with Gasteiger partial charge in [0.25, 0.3) is 0 Å². The lowest BCUT2D eigenvalue weighted by atomic mass is 10.1. The van der Waals surface area contributed by atoms with Crippen molar-refractivity contribution in [1.29, 1.82) is 0 Å². The second-order valence-electron chi connectivity index (χ2n) is 7.27. The third kappa shape index (κ3) is 6.37. The Hall–Kier alpha value is -3.25. The van der Waals surface area contributed by atoms with E-state index in [2.05, 4.69) is 22.1 Å². The summed E-state index contributed by atoms with van der Waals surface area (Å²) in [7, 11) is 1.42. The summed E-state index contributed by atoms with van der Waals surface area (Å²) in [6.07, 6.45) is -4.42. The van der Waals surface area contributed by atoms with E-state index in [4.69, 9.17) is 4.74 Å². The van der Waals surface area contributed by atoms with E-state index in [1.54, 1.807) is 11.0 Å². The first-order valence-corrected chi connectivity index (χ1v) is 10.00. The molecule has 0 radical (unpaired) electrons. The fourth-order valence-corrected chi connectivity index (χ4v) is 3.33. The minimum atomic E-state index is -4.42. The summed E-state index contributed by atoms with van der Waals surface area (Å²) < 4.78 is 56.9. The summed E-state index contributed by atoms with van der Waals surface area (Å²) in [5, 5.41) is 2.66. The van der Waals surface area contributed by atoms with Crippen molar-refractivity contribution in [2.75, 3.05) is 39.8 Å². The maximum absolute atomic E-state index is 13.8. The number of ether oxygens (including phenoxy) is 1. The van der Waals surface area contributed by atoms with Crippen molar-refractivity contribution in [3.05, 3.63) is 65.0 Å². The minimum Gasteiger partial charge on any atom is -0.494 e. The zero-order valence-corrected chi connectivity index (χ0v) is 17.5. The summed E-state index contributed by atoms with van der Waals surface area (Å²) in [6, 6.07) is 9.31. The fourth-order valence-electron chi connectivity index (χ4n) is 3.33. The number of carbonyl (C=O) groups is 1. The van der Waals surface area contributed by atoms with Crippen molar-refractivity contribution < 1.29 is 27.1 Å². The van der Waals surface area contributed by atoms with Gasteiger partial charge in [-0.1, -0.05) is 24.0 Å². The van der Waals surface area contributed by atoms with E-state index in [-0.39, 0.29) is 23.9 Å². The van der Waals surface area contributed by atoms with Gasteiger partial charge in [-0.3, -0.25) is 4.90 Å². The molecule has 5 nitrogen and oxygen atoms in total. The Kier molecular flexibility index (Phi) is 7.59. The molecule has 2 amide bonds. The van der Waals surface area contributed by atoms with Crippen LogP contribution in [0, 0.1) is 17.7 Å². The summed E-state index contributed by atoms with van der Waals surface area (Å²) in [5.74, 6) is 5.10. The highest BCUT2D eigenvalue weighted by Gasteiger charge is 2.30. The zero-order chi connectivity index (χ0) is 23.1. The lowest BCUT2D eigenvalue weighted by Gasteiger charge is -2.34. The maximum atomic E-state index is 13.8. The molecule has 32 heavy (non-hydrogen) atoms. The molecule has 170 valence electrons. The maximum Gasteiger partial charge on any atom is 0.416 e. The number of halogens is 4. The summed E-state index contributed by atoms with van der Waals surface area (Å²) in [4.78, 5) is 16.1. The van der Waals surface area contributed by atoms with Gasteiger partial charge in [-0.15, -0.1) is 0 Å². The summed E-state index contributed by atoms with van der Waals surface area (Å²) in [6.45, 7) is 2.88. The van der Waals surface area contributed by atoms with Crippen LogP contribution in [-0.2, 0) is 12.7 Å². The monoisotopic (exact) mass is 449 g/mol. The first-order chi connectivity index (χ1) is 15.3. The SMILES string of the molecule is COc1ccc(CN2CCN(C(=O)NCC#Cc3cccc(C(F)(F)F)c3)CC2)cc1F. The van der Waals surface area contributed by atoms with Crippen LogP contribution < -0.4 is 10.1 Å². The third-order valence-electron chi connectivity index (χ3n) is 5.03. The van der Waals surface area contributed by atoms with Crippen LogP contribution in [0.25, 0.3) is 0 Å². The Morgan fingerprint density at radius 1 is 1.12 bits per heavy atom. The number of rotatable bonds is 4. The first kappa shape index (κ1) is 23.4. The molecule has 1 N–H and O–H groups in total. The van der Waals surface area contributed by atoms with Crippen LogP contribution in [0.3, 0.4) is 0 Å². The third-order valence-corrected chi connectivity index (χ3v) is 5.03. The highest BCUT2D eigenvalue weighted by Crippen LogP contribution is 2.29. The lowest BCUT2D eigenvalue weighted by Crippen LogP contribution is -2.51. The van der Waals surface area contributed by atoms with Gasteiger partial charge in [-0.05, 0) is 35.9 Å². The Balaban J connectivity index is 1.43. The molecule has 1 aliphatic heterocycles. The molecule has 1 aliphatic rings. The number of carbonyl (C=O) groups excluding carboxylic acids is 1. The summed E-state index contributed by atoms with van der Waals surface area (Å²) >= 11 is 0. The Morgan fingerprint density at radius 2 is 1.88 bits per heavy atom. The first-order valence-electron chi connectivity index (χ1n) is 10.00. The molecule has 2 aromatic rings. The second kappa shape index (κ2) is 10.4. The molecule has 1 saturated heterocycles. The Bertz CT molecular complexity index is 1010. The molecule has 2 aromatic carbocycles. The van der Waals surface area contributed by atoms with E-state index in [9.17, 15) is 22.4 Å². The number of piperazine rings is 1. The van der Waals surface area contributed by atoms with E-state index in [1.165, 1.54) is 25.3 Å². The number of nitrogens with zero attached hydrogens (tertiary/aromatic N) is 2. The van der Waals surface area contributed by atoms with Crippen molar-refractivity contribution >= 4 is 6.03 Å². The largest absolute Gasteiger partial charge is 0.494 e. The van der Waals surface area contributed by atoms with Gasteiger partial charge in [0.2, 0.25) is 0 Å². The Morgan fingerprint density at radius 3 is 2.53 bits per heavy atom. The molecule has 0 unspecified atom stereocenters. The van der Waals surface area contributed by atoms with Gasteiger partial charge in [0.1, 0.15) is 0 Å². The van der Waals surface area contributed by atoms with Crippen molar-refractivity contribution in [2.45, 2.75) is 12.7 Å². The molecule has 0 bridgehead atoms. The second-order valence-corrected chi connectivity index (χ2v) is 7.27. The van der Waals surface area contributed by atoms with Gasteiger partial charge < -0.3 is 15.0 Å². The average molecular weight is 449 g/mol. The molecule has 1 fully saturated rings. The molecule has 0 saturated carbocycles. The van der Waals surface area contributed by atoms with Crippen molar-refractivity contribution in [3.8, 4) is 17.6 Å². The highest BCUT2D eigenvalue weighted by molar-refractivity contribution is 5.74. The molecule has 0 aliphatic carbocycles. The number of hydrogen-bond acceptors (Lipinski definition) is 3. The van der Waals surface area contributed by atoms with Crippen LogP contribution in [0.4, 0.5) is 22.4 Å². The molecular weight excluding hydrogens is 426 g/mol. The zero-order valence-electron chi connectivity index (χ0n) is 17.5. The van der Waals surface area contributed by atoms with E-state index in [0.29, 0.717) is 32.7 Å². The molecule has 3 rings (SSSR count). The number of hydrogen-bond donors (Lipinski definition) is 1. The Labute approximate surface area is 184 Å². The van der Waals surface area contributed by atoms with Gasteiger partial charge in [-0.2, -0.15) is 13.2 Å². The van der Waals surface area contributed by atoms with Gasteiger partial charge in [0, 0.05) is 38.3 Å². The predicted octanol–water partition coefficient (Wildman–Crippen LogP) is 3.73. The molecule has 9 heteroatoms. The van der Waals surface area contributed by atoms with Crippen LogP contribution >= 0.6 is 0 Å². The molecule has 0 aromatic heterocycles. The predicted molar refractivity (Wildman–Crippen MR) is 112 cm³/mol. The number of urea groups is 1. The standard InChI is InChI=1S/C23H23F4N3O2/c1-32-21-8-7-18(15-20(21)24)16-29-10-12-30(13-11-29)22(31)28-9-3-5-17-4-2-6-19(14-17)23(25,26)27/h2,4,6-8,14-15H,9-13,16H2,1H3,(H,28,31). The number of alkyl halides is 3. The molecule has 0 spiro atoms. The topological polar surface area (TPSA) is 44.8 Å². The fraction of sp³-hybridized carbons (Fsp3) is 0.348. The van der Waals surface area contributed by atoms with Crippen LogP contribution in [-0.4, -0.2) is 55.7 Å². The molecule has 1 heterocycles. The van der Waals surface area contributed by atoms with Crippen LogP contribution in [0.5, 0.6) is 5.75 Å². The van der Waals surface area contributed by atoms with E-state index in [1.807, 2.05) is 6.07 Å². The van der Waals surface area contributed by atoms with Crippen LogP contribution in [0.2, 0.25) is 0 Å². The molecular formula is C23H23F4N3O2. The number of methoxy groups -OCH3 is 1. The van der Waals surface area contributed by atoms with Crippen LogP contribution in [0.1, 0.15) is 16.7 Å². The quantitative estimate of drug-likeness (QED) is 0.572. The molecule has 0 atom stereocenters. The smallest absolute Gasteiger partial charge is 0.416 e. The number of amides is 2. The lowest BCUT2D eigenvalue weighted by molar-refractivity contribution is -0.137. The normalized spacial score (nSPS) is 14.5. The van der Waals surface area contributed by atoms with Crippen molar-refractivity contribution in [2.24, 2.45) is 0 Å². The van der Waals surface area contributed by atoms with E-state index < -0.39 is 17.6 Å². The number of nitrogens with one attached hydrogen (secondary N) is 1. The minimum absolute atomic E-state index is 0.0282. The van der Waals surface area contributed by atoms with Gasteiger partial charge >= 0.3 is 12.2 Å². The van der Waals surface area contributed by atoms with E-state index in [0.717, 1.165) is 17.7 Å². The number of benzene rings is 2. The van der Waals surface area contributed by atoms with Crippen molar-refractivity contribution in [1.82, 2.24) is 15.1 Å². The summed E-state index contributed by atoms with van der Waals surface area (Å²) in [5.41, 5.74) is 0.298. The average Bonchev–Trinajstić information content (AvgIpc) is 2.77.